The van der Waals surface area contributed by atoms with Crippen molar-refractivity contribution in [2.45, 2.75) is 66.3 Å². The maximum absolute atomic E-state index is 12.5. The van der Waals surface area contributed by atoms with Gasteiger partial charge in [-0.1, -0.05) is 41.1 Å². The Hall–Kier alpha value is -1.74. The first-order valence-corrected chi connectivity index (χ1v) is 12.7. The summed E-state index contributed by atoms with van der Waals surface area (Å²) < 4.78 is 1.05. The van der Waals surface area contributed by atoms with Gasteiger partial charge in [-0.3, -0.25) is 4.79 Å². The fourth-order valence-corrected chi connectivity index (χ4v) is 4.76. The van der Waals surface area contributed by atoms with Gasteiger partial charge in [0.2, 0.25) is 0 Å². The van der Waals surface area contributed by atoms with E-state index in [1.54, 1.807) is 13.1 Å². The van der Waals surface area contributed by atoms with Crippen LogP contribution in [0.2, 0.25) is 5.02 Å². The number of fused-ring (bicyclic) bond motifs is 1. The highest BCUT2D eigenvalue weighted by molar-refractivity contribution is 14.1. The third-order valence-electron chi connectivity index (χ3n) is 6.13. The predicted molar refractivity (Wildman–Crippen MR) is 141 cm³/mol. The van der Waals surface area contributed by atoms with Crippen LogP contribution in [0.4, 0.5) is 5.82 Å². The molecular weight excluding hydrogens is 537 g/mol. The first kappa shape index (κ1) is 24.9. The van der Waals surface area contributed by atoms with E-state index in [0.717, 1.165) is 57.4 Å². The molecule has 0 saturated carbocycles. The van der Waals surface area contributed by atoms with Crippen LogP contribution in [0.15, 0.2) is 18.5 Å². The molecule has 0 aromatic carbocycles. The number of rotatable bonds is 9. The number of Topliss-reactive ketones (excluding diaryl/α,β-unsaturated/α-hetero) is 1. The van der Waals surface area contributed by atoms with E-state index in [0.29, 0.717) is 10.8 Å². The van der Waals surface area contributed by atoms with Gasteiger partial charge in [0.25, 0.3) is 0 Å². The van der Waals surface area contributed by atoms with Crippen LogP contribution in [-0.2, 0) is 4.79 Å². The van der Waals surface area contributed by atoms with E-state index in [1.165, 1.54) is 0 Å². The van der Waals surface area contributed by atoms with Crippen molar-refractivity contribution in [1.82, 2.24) is 19.9 Å². The number of nitrogens with zero attached hydrogens (tertiary/aromatic N) is 3. The average molecular weight is 568 g/mol. The van der Waals surface area contributed by atoms with Crippen molar-refractivity contribution in [3.63, 3.8) is 0 Å². The molecule has 1 atom stereocenters. The molecule has 0 spiro atoms. The molecule has 0 radical (unpaired) electrons. The smallest absolute Gasteiger partial charge is 0.163 e. The normalized spacial score (nSPS) is 13.9. The fraction of sp³-hybridized carbons (Fsp3) is 0.500. The second-order valence-corrected chi connectivity index (χ2v) is 11.0. The van der Waals surface area contributed by atoms with Gasteiger partial charge in [0.15, 0.2) is 5.82 Å². The molecule has 8 heteroatoms. The monoisotopic (exact) mass is 567 g/mol. The number of aromatic amines is 1. The molecule has 2 N–H and O–H groups in total. The summed E-state index contributed by atoms with van der Waals surface area (Å²) >= 11 is 8.55. The maximum Gasteiger partial charge on any atom is 0.163 e. The van der Waals surface area contributed by atoms with Crippen LogP contribution in [0.1, 0.15) is 58.2 Å². The Balaban J connectivity index is 1.96. The summed E-state index contributed by atoms with van der Waals surface area (Å²) in [5, 5.41) is 5.07. The molecule has 0 unspecified atom stereocenters. The summed E-state index contributed by atoms with van der Waals surface area (Å²) in [6.07, 6.45) is 6.11. The number of pyridine rings is 1. The Morgan fingerprint density at radius 3 is 2.62 bits per heavy atom. The molecule has 0 bridgehead atoms. The van der Waals surface area contributed by atoms with Gasteiger partial charge in [-0.05, 0) is 64.4 Å². The van der Waals surface area contributed by atoms with Crippen molar-refractivity contribution in [3.8, 4) is 11.4 Å². The van der Waals surface area contributed by atoms with E-state index in [2.05, 4.69) is 58.6 Å². The molecule has 3 heterocycles. The maximum atomic E-state index is 12.5. The minimum Gasteiger partial charge on any atom is -0.365 e. The Morgan fingerprint density at radius 1 is 1.25 bits per heavy atom. The van der Waals surface area contributed by atoms with Crippen LogP contribution in [-0.4, -0.2) is 35.7 Å². The van der Waals surface area contributed by atoms with E-state index < -0.39 is 0 Å². The van der Waals surface area contributed by atoms with Crippen LogP contribution in [0.25, 0.3) is 22.4 Å². The number of H-pyrrole nitrogens is 1. The number of carbonyl (C=O) groups excluding carboxylic acids is 1. The summed E-state index contributed by atoms with van der Waals surface area (Å²) in [6.45, 7) is 12.0. The number of hydrogen-bond donors (Lipinski definition) is 2. The van der Waals surface area contributed by atoms with Gasteiger partial charge in [-0.2, -0.15) is 0 Å². The van der Waals surface area contributed by atoms with Gasteiger partial charge in [0.05, 0.1) is 5.02 Å². The summed E-state index contributed by atoms with van der Waals surface area (Å²) in [5.41, 5.74) is 2.79. The van der Waals surface area contributed by atoms with Crippen LogP contribution < -0.4 is 5.32 Å². The van der Waals surface area contributed by atoms with E-state index in [-0.39, 0.29) is 16.7 Å². The van der Waals surface area contributed by atoms with Crippen molar-refractivity contribution < 1.29 is 4.79 Å². The zero-order valence-corrected chi connectivity index (χ0v) is 22.5. The second kappa shape index (κ2) is 9.63. The lowest BCUT2D eigenvalue weighted by Crippen LogP contribution is -2.41. The van der Waals surface area contributed by atoms with Crippen LogP contribution >= 0.6 is 34.2 Å². The summed E-state index contributed by atoms with van der Waals surface area (Å²) in [6, 6.07) is 1.87. The molecule has 0 aliphatic heterocycles. The van der Waals surface area contributed by atoms with Gasteiger partial charge < -0.3 is 10.3 Å². The summed E-state index contributed by atoms with van der Waals surface area (Å²) in [5.74, 6) is 1.62. The lowest BCUT2D eigenvalue weighted by atomic mass is 9.73. The third kappa shape index (κ3) is 5.42. The molecule has 0 aliphatic carbocycles. The van der Waals surface area contributed by atoms with Crippen LogP contribution in [0.5, 0.6) is 0 Å². The number of carbonyl (C=O) groups is 1. The Bertz CT molecular complexity index is 1140. The van der Waals surface area contributed by atoms with Crippen molar-refractivity contribution >= 4 is 56.8 Å². The van der Waals surface area contributed by atoms with E-state index in [9.17, 15) is 4.79 Å². The average Bonchev–Trinajstić information content (AvgIpc) is 3.12. The minimum absolute atomic E-state index is 0.233. The zero-order chi connectivity index (χ0) is 23.7. The van der Waals surface area contributed by atoms with Gasteiger partial charge in [0.1, 0.15) is 17.2 Å². The molecule has 0 fully saturated rings. The number of ketones is 1. The highest BCUT2D eigenvalue weighted by atomic mass is 127. The van der Waals surface area contributed by atoms with Gasteiger partial charge in [0, 0.05) is 45.6 Å². The van der Waals surface area contributed by atoms with Crippen molar-refractivity contribution in [2.75, 3.05) is 9.74 Å². The fourth-order valence-electron chi connectivity index (χ4n) is 4.22. The molecule has 0 aliphatic rings. The molecule has 3 rings (SSSR count). The predicted octanol–water partition coefficient (Wildman–Crippen LogP) is 6.68. The number of hydrogen-bond acceptors (Lipinski definition) is 5. The number of aryl methyl sites for hydroxylation is 1. The number of nitrogens with one attached hydrogen (secondary N) is 2. The molecular formula is C24H31ClIN5O. The topological polar surface area (TPSA) is 83.6 Å². The Kier molecular flexibility index (Phi) is 7.49. The first-order chi connectivity index (χ1) is 15.0. The summed E-state index contributed by atoms with van der Waals surface area (Å²) in [4.78, 5) is 29.6. The van der Waals surface area contributed by atoms with Gasteiger partial charge in [-0.15, -0.1) is 0 Å². The molecule has 0 saturated heterocycles. The molecule has 3 aromatic heterocycles. The SMILES string of the molecule is CC(=O)[C@](C)(CCCI)CC(C)(C)Nc1nc(-c2c[nH]c3ncc(Cl)cc23)nc(C)c1C. The quantitative estimate of drug-likeness (QED) is 0.223. The molecule has 0 amide bonds. The highest BCUT2D eigenvalue weighted by Gasteiger charge is 2.36. The second-order valence-electron chi connectivity index (χ2n) is 9.45. The number of halogens is 2. The van der Waals surface area contributed by atoms with E-state index in [1.807, 2.05) is 26.1 Å². The van der Waals surface area contributed by atoms with E-state index in [4.69, 9.17) is 21.6 Å². The molecule has 3 aromatic rings. The molecule has 172 valence electrons. The minimum atomic E-state index is -0.375. The number of aromatic nitrogens is 4. The van der Waals surface area contributed by atoms with Crippen molar-refractivity contribution in [1.29, 1.82) is 0 Å². The number of anilines is 1. The van der Waals surface area contributed by atoms with Crippen LogP contribution in [0.3, 0.4) is 0 Å². The lowest BCUT2D eigenvalue weighted by molar-refractivity contribution is -0.127. The zero-order valence-electron chi connectivity index (χ0n) is 19.6. The van der Waals surface area contributed by atoms with Crippen molar-refractivity contribution in [3.05, 3.63) is 34.7 Å². The molecule has 32 heavy (non-hydrogen) atoms. The van der Waals surface area contributed by atoms with Gasteiger partial charge >= 0.3 is 0 Å². The van der Waals surface area contributed by atoms with Crippen molar-refractivity contribution in [2.24, 2.45) is 5.41 Å². The van der Waals surface area contributed by atoms with Gasteiger partial charge in [-0.25, -0.2) is 15.0 Å². The third-order valence-corrected chi connectivity index (χ3v) is 7.10. The molecule has 6 nitrogen and oxygen atoms in total. The highest BCUT2D eigenvalue weighted by Crippen LogP contribution is 2.37. The first-order valence-electron chi connectivity index (χ1n) is 10.8. The lowest BCUT2D eigenvalue weighted by Gasteiger charge is -2.37. The Morgan fingerprint density at radius 2 is 1.97 bits per heavy atom. The van der Waals surface area contributed by atoms with E-state index >= 15 is 0 Å². The number of alkyl halides is 1. The summed E-state index contributed by atoms with van der Waals surface area (Å²) in [7, 11) is 0. The standard InChI is InChI=1S/C24H31ClIN5O/c1-14-15(2)29-22(19-12-28-21-18(19)10-17(25)11-27-21)30-20(14)31-23(4,5)13-24(6,16(3)32)8-7-9-26/h10-12H,7-9,13H2,1-6H3,(H,27,28)(H,29,30,31)/t24-/m1/s1. The van der Waals surface area contributed by atoms with Crippen LogP contribution in [0, 0.1) is 19.3 Å². The Labute approximate surface area is 208 Å². The largest absolute Gasteiger partial charge is 0.365 e.